The maximum Gasteiger partial charge on any atom is 0.0421 e. The summed E-state index contributed by atoms with van der Waals surface area (Å²) < 4.78 is 2.71. The van der Waals surface area contributed by atoms with E-state index in [1.54, 1.807) is 22.7 Å². The van der Waals surface area contributed by atoms with Crippen LogP contribution in [0.4, 0.5) is 0 Å². The predicted octanol–water partition coefficient (Wildman–Crippen LogP) is 4.76. The second kappa shape index (κ2) is 2.94. The largest absolute Gasteiger partial charge is 0.144 e. The van der Waals surface area contributed by atoms with Gasteiger partial charge in [0.2, 0.25) is 0 Å². The monoisotopic (exact) mass is 216 g/mol. The quantitative estimate of drug-likeness (QED) is 0.550. The standard InChI is InChI=1S/C12H8S2/c1-2-9-10-4-6-13-11(10)7-8-3-5-14-12(8)9/h2-7H,1H2. The van der Waals surface area contributed by atoms with E-state index >= 15 is 0 Å². The first-order chi connectivity index (χ1) is 6.90. The molecule has 0 aliphatic carbocycles. The lowest BCUT2D eigenvalue weighted by Crippen LogP contribution is -1.73. The minimum absolute atomic E-state index is 1.29. The van der Waals surface area contributed by atoms with E-state index in [-0.39, 0.29) is 0 Å². The van der Waals surface area contributed by atoms with Crippen molar-refractivity contribution in [3.8, 4) is 0 Å². The molecule has 2 heterocycles. The highest BCUT2D eigenvalue weighted by Crippen LogP contribution is 2.35. The summed E-state index contributed by atoms with van der Waals surface area (Å²) in [6.07, 6.45) is 1.97. The van der Waals surface area contributed by atoms with Gasteiger partial charge in [-0.3, -0.25) is 0 Å². The van der Waals surface area contributed by atoms with Gasteiger partial charge in [-0.05, 0) is 34.3 Å². The molecule has 0 saturated heterocycles. The molecule has 14 heavy (non-hydrogen) atoms. The third-order valence-corrected chi connectivity index (χ3v) is 4.24. The molecule has 0 bridgehead atoms. The van der Waals surface area contributed by atoms with E-state index in [4.69, 9.17) is 0 Å². The molecule has 3 rings (SSSR count). The second-order valence-corrected chi connectivity index (χ2v) is 5.03. The number of rotatable bonds is 1. The Morgan fingerprint density at radius 3 is 2.86 bits per heavy atom. The van der Waals surface area contributed by atoms with Crippen molar-refractivity contribution in [1.29, 1.82) is 0 Å². The topological polar surface area (TPSA) is 0 Å². The molecule has 2 heteroatoms. The van der Waals surface area contributed by atoms with E-state index in [0.717, 1.165) is 0 Å². The van der Waals surface area contributed by atoms with Crippen LogP contribution in [0.15, 0.2) is 35.5 Å². The highest BCUT2D eigenvalue weighted by Gasteiger charge is 2.06. The minimum Gasteiger partial charge on any atom is -0.144 e. The summed E-state index contributed by atoms with van der Waals surface area (Å²) in [5.41, 5.74) is 1.29. The van der Waals surface area contributed by atoms with Gasteiger partial charge in [0.1, 0.15) is 0 Å². The van der Waals surface area contributed by atoms with Crippen molar-refractivity contribution in [2.75, 3.05) is 0 Å². The Balaban J connectivity index is 2.66. The molecule has 0 nitrogen and oxygen atoms in total. The van der Waals surface area contributed by atoms with Crippen LogP contribution in [-0.2, 0) is 0 Å². The number of fused-ring (bicyclic) bond motifs is 2. The van der Waals surface area contributed by atoms with Crippen molar-refractivity contribution >= 4 is 48.9 Å². The van der Waals surface area contributed by atoms with Gasteiger partial charge in [0.05, 0.1) is 0 Å². The molecule has 2 aromatic heterocycles. The molecule has 1 aromatic carbocycles. The van der Waals surface area contributed by atoms with E-state index in [9.17, 15) is 0 Å². The van der Waals surface area contributed by atoms with Gasteiger partial charge in [-0.25, -0.2) is 0 Å². The molecule has 0 N–H and O–H groups in total. The molecule has 3 aromatic rings. The van der Waals surface area contributed by atoms with Crippen LogP contribution in [0.2, 0.25) is 0 Å². The van der Waals surface area contributed by atoms with E-state index < -0.39 is 0 Å². The molecule has 0 unspecified atom stereocenters. The summed E-state index contributed by atoms with van der Waals surface area (Å²) in [6, 6.07) is 6.61. The molecule has 0 spiro atoms. The zero-order valence-corrected chi connectivity index (χ0v) is 9.12. The molecule has 0 amide bonds. The van der Waals surface area contributed by atoms with Gasteiger partial charge in [-0.1, -0.05) is 12.7 Å². The lowest BCUT2D eigenvalue weighted by molar-refractivity contribution is 1.97. The Hall–Kier alpha value is -1.12. The third kappa shape index (κ3) is 0.982. The molecule has 0 radical (unpaired) electrons. The summed E-state index contributed by atoms with van der Waals surface area (Å²) >= 11 is 3.58. The fraction of sp³-hybridized carbons (Fsp3) is 0. The van der Waals surface area contributed by atoms with Crippen molar-refractivity contribution in [3.63, 3.8) is 0 Å². The van der Waals surface area contributed by atoms with E-state index in [0.29, 0.717) is 0 Å². The minimum atomic E-state index is 1.29. The van der Waals surface area contributed by atoms with Crippen molar-refractivity contribution < 1.29 is 0 Å². The summed E-state index contributed by atoms with van der Waals surface area (Å²) in [5, 5.41) is 6.95. The van der Waals surface area contributed by atoms with Crippen LogP contribution in [0, 0.1) is 0 Å². The van der Waals surface area contributed by atoms with Crippen LogP contribution >= 0.6 is 22.7 Å². The zero-order valence-electron chi connectivity index (χ0n) is 7.49. The summed E-state index contributed by atoms with van der Waals surface area (Å²) in [7, 11) is 0. The molecule has 68 valence electrons. The molecule has 0 saturated carbocycles. The zero-order chi connectivity index (χ0) is 9.54. The average Bonchev–Trinajstić information content (AvgIpc) is 2.80. The van der Waals surface area contributed by atoms with Crippen LogP contribution in [-0.4, -0.2) is 0 Å². The Morgan fingerprint density at radius 2 is 2.00 bits per heavy atom. The lowest BCUT2D eigenvalue weighted by Gasteiger charge is -1.99. The van der Waals surface area contributed by atoms with E-state index in [2.05, 4.69) is 35.5 Å². The molecular weight excluding hydrogens is 208 g/mol. The molecule has 0 aliphatic rings. The maximum absolute atomic E-state index is 3.90. The Kier molecular flexibility index (Phi) is 1.72. The van der Waals surface area contributed by atoms with Crippen LogP contribution < -0.4 is 0 Å². The van der Waals surface area contributed by atoms with Gasteiger partial charge in [0.15, 0.2) is 0 Å². The summed E-state index contributed by atoms with van der Waals surface area (Å²) in [4.78, 5) is 0. The van der Waals surface area contributed by atoms with Crippen molar-refractivity contribution in [2.45, 2.75) is 0 Å². The Bertz CT molecular complexity index is 565. The second-order valence-electron chi connectivity index (χ2n) is 3.17. The van der Waals surface area contributed by atoms with Crippen LogP contribution in [0.5, 0.6) is 0 Å². The molecule has 0 atom stereocenters. The Morgan fingerprint density at radius 1 is 1.14 bits per heavy atom. The summed E-state index contributed by atoms with van der Waals surface area (Å²) in [5.74, 6) is 0. The highest BCUT2D eigenvalue weighted by molar-refractivity contribution is 7.19. The van der Waals surface area contributed by atoms with Crippen molar-refractivity contribution in [3.05, 3.63) is 41.1 Å². The van der Waals surface area contributed by atoms with Gasteiger partial charge >= 0.3 is 0 Å². The van der Waals surface area contributed by atoms with E-state index in [1.165, 1.54) is 25.7 Å². The van der Waals surface area contributed by atoms with Gasteiger partial charge in [0, 0.05) is 20.3 Å². The van der Waals surface area contributed by atoms with E-state index in [1.807, 2.05) is 6.08 Å². The molecule has 0 fully saturated rings. The molecule has 0 aliphatic heterocycles. The maximum atomic E-state index is 3.90. The first-order valence-electron chi connectivity index (χ1n) is 4.40. The first-order valence-corrected chi connectivity index (χ1v) is 6.16. The fourth-order valence-electron chi connectivity index (χ4n) is 1.77. The number of thiophene rings is 2. The first kappa shape index (κ1) is 8.21. The predicted molar refractivity (Wildman–Crippen MR) is 67.3 cm³/mol. The third-order valence-electron chi connectivity index (χ3n) is 2.42. The fourth-order valence-corrected chi connectivity index (χ4v) is 3.56. The van der Waals surface area contributed by atoms with Crippen molar-refractivity contribution in [2.24, 2.45) is 0 Å². The smallest absolute Gasteiger partial charge is 0.0421 e. The number of hydrogen-bond acceptors (Lipinski definition) is 2. The van der Waals surface area contributed by atoms with Crippen LogP contribution in [0.25, 0.3) is 26.2 Å². The van der Waals surface area contributed by atoms with Gasteiger partial charge in [-0.2, -0.15) is 0 Å². The van der Waals surface area contributed by atoms with Crippen LogP contribution in [0.1, 0.15) is 5.56 Å². The normalized spacial score (nSPS) is 11.1. The van der Waals surface area contributed by atoms with Crippen LogP contribution in [0.3, 0.4) is 0 Å². The summed E-state index contributed by atoms with van der Waals surface area (Å²) in [6.45, 7) is 3.90. The highest BCUT2D eigenvalue weighted by atomic mass is 32.1. The lowest BCUT2D eigenvalue weighted by atomic mass is 10.1. The van der Waals surface area contributed by atoms with Crippen molar-refractivity contribution in [1.82, 2.24) is 0 Å². The Labute approximate surface area is 90.1 Å². The van der Waals surface area contributed by atoms with Gasteiger partial charge in [0.25, 0.3) is 0 Å². The molecular formula is C12H8S2. The number of benzene rings is 1. The SMILES string of the molecule is C=Cc1c2ccsc2cc2ccsc12. The van der Waals surface area contributed by atoms with Gasteiger partial charge < -0.3 is 0 Å². The van der Waals surface area contributed by atoms with Gasteiger partial charge in [-0.15, -0.1) is 22.7 Å². The average molecular weight is 216 g/mol. The number of hydrogen-bond donors (Lipinski definition) is 0.